The van der Waals surface area contributed by atoms with Crippen LogP contribution in [0, 0.1) is 0 Å². The van der Waals surface area contributed by atoms with Gasteiger partial charge in [-0.05, 0) is 37.5 Å². The quantitative estimate of drug-likeness (QED) is 0.311. The summed E-state index contributed by atoms with van der Waals surface area (Å²) in [6, 6.07) is 17.3. The molecule has 1 aliphatic heterocycles. The Balaban J connectivity index is 0.00000320. The Hall–Kier alpha value is -1.51. The van der Waals surface area contributed by atoms with Gasteiger partial charge >= 0.3 is 0 Å². The summed E-state index contributed by atoms with van der Waals surface area (Å²) in [6.07, 6.45) is 2.20. The lowest BCUT2D eigenvalue weighted by Gasteiger charge is -2.37. The second kappa shape index (κ2) is 12.4. The minimum atomic E-state index is 0. The summed E-state index contributed by atoms with van der Waals surface area (Å²) in [5, 5.41) is 7.63. The number of ether oxygens (including phenoxy) is 1. The number of halogens is 2. The lowest BCUT2D eigenvalue weighted by Crippen LogP contribution is -2.48. The van der Waals surface area contributed by atoms with E-state index >= 15 is 0 Å². The van der Waals surface area contributed by atoms with E-state index in [1.165, 1.54) is 5.56 Å². The maximum absolute atomic E-state index is 6.05. The average molecular weight is 543 g/mol. The number of rotatable bonds is 6. The Morgan fingerprint density at radius 3 is 2.53 bits per heavy atom. The van der Waals surface area contributed by atoms with Gasteiger partial charge in [-0.3, -0.25) is 9.89 Å². The topological polar surface area (TPSA) is 48.9 Å². The molecule has 1 heterocycles. The van der Waals surface area contributed by atoms with Crippen LogP contribution in [0.2, 0.25) is 5.02 Å². The van der Waals surface area contributed by atoms with Crippen molar-refractivity contribution in [3.63, 3.8) is 0 Å². The van der Waals surface area contributed by atoms with Crippen LogP contribution in [0.4, 0.5) is 0 Å². The zero-order valence-electron chi connectivity index (χ0n) is 17.9. The van der Waals surface area contributed by atoms with Gasteiger partial charge in [0.2, 0.25) is 0 Å². The number of methoxy groups -OCH3 is 1. The predicted molar refractivity (Wildman–Crippen MR) is 136 cm³/mol. The van der Waals surface area contributed by atoms with Crippen molar-refractivity contribution < 1.29 is 4.74 Å². The highest BCUT2D eigenvalue weighted by atomic mass is 127. The number of hydrogen-bond acceptors (Lipinski definition) is 3. The first-order valence-electron chi connectivity index (χ1n) is 10.2. The zero-order chi connectivity index (χ0) is 20.6. The Morgan fingerprint density at radius 2 is 1.90 bits per heavy atom. The van der Waals surface area contributed by atoms with Crippen molar-refractivity contribution in [2.75, 3.05) is 27.2 Å². The van der Waals surface area contributed by atoms with Crippen molar-refractivity contribution in [1.29, 1.82) is 0 Å². The first-order valence-corrected chi connectivity index (χ1v) is 10.6. The zero-order valence-corrected chi connectivity index (χ0v) is 21.0. The van der Waals surface area contributed by atoms with Crippen molar-refractivity contribution in [3.05, 3.63) is 64.7 Å². The second-order valence-electron chi connectivity index (χ2n) is 7.42. The Labute approximate surface area is 202 Å². The molecule has 1 saturated heterocycles. The smallest absolute Gasteiger partial charge is 0.191 e. The summed E-state index contributed by atoms with van der Waals surface area (Å²) < 4.78 is 5.42. The average Bonchev–Trinajstić information content (AvgIpc) is 2.77. The van der Waals surface area contributed by atoms with E-state index in [0.717, 1.165) is 43.2 Å². The predicted octanol–water partition coefficient (Wildman–Crippen LogP) is 4.86. The summed E-state index contributed by atoms with van der Waals surface area (Å²) in [6.45, 7) is 5.08. The van der Waals surface area contributed by atoms with E-state index in [0.29, 0.717) is 23.7 Å². The molecular formula is C23H32ClIN4O. The van der Waals surface area contributed by atoms with Gasteiger partial charge in [0.1, 0.15) is 5.75 Å². The fraction of sp³-hybridized carbons (Fsp3) is 0.435. The molecule has 0 aromatic heterocycles. The van der Waals surface area contributed by atoms with Gasteiger partial charge in [0.25, 0.3) is 0 Å². The van der Waals surface area contributed by atoms with E-state index in [1.54, 1.807) is 14.2 Å². The molecular weight excluding hydrogens is 511 g/mol. The number of hydrogen-bond donors (Lipinski definition) is 2. The van der Waals surface area contributed by atoms with E-state index in [4.69, 9.17) is 16.3 Å². The van der Waals surface area contributed by atoms with Crippen LogP contribution in [0.15, 0.2) is 53.5 Å². The largest absolute Gasteiger partial charge is 0.496 e. The van der Waals surface area contributed by atoms with Crippen LogP contribution >= 0.6 is 35.6 Å². The van der Waals surface area contributed by atoms with Crippen LogP contribution in [0.1, 0.15) is 36.9 Å². The molecule has 30 heavy (non-hydrogen) atoms. The van der Waals surface area contributed by atoms with Crippen molar-refractivity contribution in [3.8, 4) is 5.75 Å². The number of likely N-dealkylation sites (tertiary alicyclic amines) is 1. The monoisotopic (exact) mass is 542 g/mol. The van der Waals surface area contributed by atoms with Crippen LogP contribution in [-0.4, -0.2) is 44.1 Å². The van der Waals surface area contributed by atoms with Crippen LogP contribution < -0.4 is 15.4 Å². The molecule has 164 valence electrons. The standard InChI is InChI=1S/C23H31ClN4O.HI/c1-17(18-7-5-4-6-8-18)28-13-11-21(12-14-28)27-23(25-2)26-16-19-9-10-20(24)15-22(19)29-3;/h4-10,15,17,21H,11-14,16H2,1-3H3,(H2,25,26,27);1H. The first-order chi connectivity index (χ1) is 14.1. The number of piperidine rings is 1. The maximum Gasteiger partial charge on any atom is 0.191 e. The molecule has 2 aromatic rings. The molecule has 2 N–H and O–H groups in total. The van der Waals surface area contributed by atoms with Crippen molar-refractivity contribution in [2.45, 2.75) is 38.4 Å². The Bertz CT molecular complexity index is 810. The number of benzene rings is 2. The van der Waals surface area contributed by atoms with Crippen LogP contribution in [0.25, 0.3) is 0 Å². The minimum absolute atomic E-state index is 0. The SMILES string of the molecule is CN=C(NCc1ccc(Cl)cc1OC)NC1CCN(C(C)c2ccccc2)CC1.I. The number of aliphatic imine (C=N–C) groups is 1. The molecule has 7 heteroatoms. The summed E-state index contributed by atoms with van der Waals surface area (Å²) in [5.41, 5.74) is 2.43. The normalized spacial score (nSPS) is 16.5. The third-order valence-corrected chi connectivity index (χ3v) is 5.85. The van der Waals surface area contributed by atoms with Crippen molar-refractivity contribution >= 4 is 41.5 Å². The molecule has 1 atom stereocenters. The van der Waals surface area contributed by atoms with Gasteiger partial charge < -0.3 is 15.4 Å². The third kappa shape index (κ3) is 6.75. The molecule has 0 bridgehead atoms. The Morgan fingerprint density at radius 1 is 1.20 bits per heavy atom. The van der Waals surface area contributed by atoms with Crippen LogP contribution in [-0.2, 0) is 6.54 Å². The van der Waals surface area contributed by atoms with Crippen LogP contribution in [0.3, 0.4) is 0 Å². The van der Waals surface area contributed by atoms with Gasteiger partial charge in [-0.15, -0.1) is 24.0 Å². The van der Waals surface area contributed by atoms with Crippen molar-refractivity contribution in [1.82, 2.24) is 15.5 Å². The van der Waals surface area contributed by atoms with E-state index < -0.39 is 0 Å². The van der Waals surface area contributed by atoms with E-state index in [-0.39, 0.29) is 24.0 Å². The van der Waals surface area contributed by atoms with E-state index in [2.05, 4.69) is 57.8 Å². The fourth-order valence-electron chi connectivity index (χ4n) is 3.80. The van der Waals surface area contributed by atoms with Crippen LogP contribution in [0.5, 0.6) is 5.75 Å². The van der Waals surface area contributed by atoms with Gasteiger partial charge in [0.05, 0.1) is 7.11 Å². The van der Waals surface area contributed by atoms with E-state index in [1.807, 2.05) is 18.2 Å². The minimum Gasteiger partial charge on any atom is -0.496 e. The van der Waals surface area contributed by atoms with Gasteiger partial charge in [-0.1, -0.05) is 48.0 Å². The number of guanidine groups is 1. The molecule has 0 amide bonds. The molecule has 2 aromatic carbocycles. The highest BCUT2D eigenvalue weighted by Gasteiger charge is 2.24. The fourth-order valence-corrected chi connectivity index (χ4v) is 3.97. The Kier molecular flexibility index (Phi) is 10.2. The first kappa shape index (κ1) is 24.8. The summed E-state index contributed by atoms with van der Waals surface area (Å²) in [5.74, 6) is 1.60. The highest BCUT2D eigenvalue weighted by molar-refractivity contribution is 14.0. The second-order valence-corrected chi connectivity index (χ2v) is 7.86. The van der Waals surface area contributed by atoms with Crippen molar-refractivity contribution in [2.24, 2.45) is 4.99 Å². The molecule has 0 saturated carbocycles. The maximum atomic E-state index is 6.05. The highest BCUT2D eigenvalue weighted by Crippen LogP contribution is 2.24. The molecule has 1 fully saturated rings. The third-order valence-electron chi connectivity index (χ3n) is 5.62. The summed E-state index contributed by atoms with van der Waals surface area (Å²) in [7, 11) is 3.47. The van der Waals surface area contributed by atoms with Gasteiger partial charge in [-0.25, -0.2) is 0 Å². The van der Waals surface area contributed by atoms with Gasteiger partial charge in [0, 0.05) is 49.4 Å². The van der Waals surface area contributed by atoms with Gasteiger partial charge in [0.15, 0.2) is 5.96 Å². The van der Waals surface area contributed by atoms with Gasteiger partial charge in [-0.2, -0.15) is 0 Å². The summed E-state index contributed by atoms with van der Waals surface area (Å²) >= 11 is 6.05. The molecule has 0 aliphatic carbocycles. The van der Waals surface area contributed by atoms with E-state index in [9.17, 15) is 0 Å². The molecule has 0 spiro atoms. The molecule has 5 nitrogen and oxygen atoms in total. The lowest BCUT2D eigenvalue weighted by atomic mass is 10.0. The molecule has 1 aliphatic rings. The number of nitrogens with one attached hydrogen (secondary N) is 2. The lowest BCUT2D eigenvalue weighted by molar-refractivity contribution is 0.158. The molecule has 0 radical (unpaired) electrons. The molecule has 1 unspecified atom stereocenters. The number of nitrogens with zero attached hydrogens (tertiary/aromatic N) is 2. The molecule has 3 rings (SSSR count). The summed E-state index contributed by atoms with van der Waals surface area (Å²) in [4.78, 5) is 6.94.